The van der Waals surface area contributed by atoms with Crippen LogP contribution in [0.25, 0.3) is 10.9 Å². The summed E-state index contributed by atoms with van der Waals surface area (Å²) >= 11 is 5.94. The SMILES string of the molecule is C[C@@H](NC(=O)COC(=O)c1cc(=O)c2ccccc2[nH]1)c1cccc(Cl)c1. The molecule has 3 rings (SSSR count). The number of carbonyl (C=O) groups excluding carboxylic acids is 2. The van der Waals surface area contributed by atoms with Crippen molar-refractivity contribution in [3.63, 3.8) is 0 Å². The molecule has 0 radical (unpaired) electrons. The molecule has 0 bridgehead atoms. The summed E-state index contributed by atoms with van der Waals surface area (Å²) in [5.41, 5.74) is 1.06. The molecule has 0 saturated heterocycles. The third-order valence-electron chi connectivity index (χ3n) is 4.02. The average molecular weight is 385 g/mol. The maximum absolute atomic E-state index is 12.2. The predicted molar refractivity (Wildman–Crippen MR) is 103 cm³/mol. The van der Waals surface area contributed by atoms with E-state index >= 15 is 0 Å². The summed E-state index contributed by atoms with van der Waals surface area (Å²) in [6, 6.07) is 14.8. The van der Waals surface area contributed by atoms with Crippen LogP contribution in [0, 0.1) is 0 Å². The molecule has 0 unspecified atom stereocenters. The van der Waals surface area contributed by atoms with E-state index in [9.17, 15) is 14.4 Å². The number of halogens is 1. The number of carbonyl (C=O) groups is 2. The second-order valence-electron chi connectivity index (χ2n) is 6.01. The summed E-state index contributed by atoms with van der Waals surface area (Å²) in [5, 5.41) is 3.77. The summed E-state index contributed by atoms with van der Waals surface area (Å²) < 4.78 is 5.01. The summed E-state index contributed by atoms with van der Waals surface area (Å²) in [6.07, 6.45) is 0. The Morgan fingerprint density at radius 2 is 1.93 bits per heavy atom. The van der Waals surface area contributed by atoms with Gasteiger partial charge in [-0.25, -0.2) is 4.79 Å². The predicted octanol–water partition coefficient (Wildman–Crippen LogP) is 3.22. The number of hydrogen-bond acceptors (Lipinski definition) is 4. The lowest BCUT2D eigenvalue weighted by atomic mass is 10.1. The lowest BCUT2D eigenvalue weighted by molar-refractivity contribution is -0.124. The number of esters is 1. The summed E-state index contributed by atoms with van der Waals surface area (Å²) in [4.78, 5) is 39.1. The summed E-state index contributed by atoms with van der Waals surface area (Å²) in [6.45, 7) is 1.34. The molecule has 0 aliphatic rings. The van der Waals surface area contributed by atoms with Crippen LogP contribution in [0.3, 0.4) is 0 Å². The number of rotatable bonds is 5. The second-order valence-corrected chi connectivity index (χ2v) is 6.45. The van der Waals surface area contributed by atoms with Gasteiger partial charge in [0.1, 0.15) is 5.69 Å². The molecule has 7 heteroatoms. The molecule has 1 amide bonds. The molecule has 1 atom stereocenters. The lowest BCUT2D eigenvalue weighted by Gasteiger charge is -2.14. The maximum Gasteiger partial charge on any atom is 0.355 e. The van der Waals surface area contributed by atoms with Crippen molar-refractivity contribution in [2.24, 2.45) is 0 Å². The molecule has 0 aliphatic heterocycles. The quantitative estimate of drug-likeness (QED) is 0.661. The highest BCUT2D eigenvalue weighted by molar-refractivity contribution is 6.30. The number of nitrogens with one attached hydrogen (secondary N) is 2. The van der Waals surface area contributed by atoms with Gasteiger partial charge in [-0.05, 0) is 36.8 Å². The van der Waals surface area contributed by atoms with Crippen LogP contribution in [0.4, 0.5) is 0 Å². The molecule has 6 nitrogen and oxygen atoms in total. The first-order valence-electron chi connectivity index (χ1n) is 8.28. The van der Waals surface area contributed by atoms with E-state index in [0.29, 0.717) is 15.9 Å². The number of aromatic nitrogens is 1. The minimum absolute atomic E-state index is 0.00519. The van der Waals surface area contributed by atoms with Crippen LogP contribution in [-0.2, 0) is 9.53 Å². The number of hydrogen-bond donors (Lipinski definition) is 2. The minimum Gasteiger partial charge on any atom is -0.451 e. The number of H-pyrrole nitrogens is 1. The first kappa shape index (κ1) is 18.7. The summed E-state index contributed by atoms with van der Waals surface area (Å²) in [5.74, 6) is -1.23. The Labute approximate surface area is 160 Å². The molecule has 3 aromatic rings. The van der Waals surface area contributed by atoms with E-state index in [1.54, 1.807) is 49.4 Å². The van der Waals surface area contributed by atoms with Gasteiger partial charge in [0.15, 0.2) is 12.0 Å². The average Bonchev–Trinajstić information content (AvgIpc) is 2.66. The van der Waals surface area contributed by atoms with Crippen molar-refractivity contribution in [3.05, 3.63) is 81.1 Å². The Bertz CT molecular complexity index is 1060. The van der Waals surface area contributed by atoms with Crippen LogP contribution in [0.5, 0.6) is 0 Å². The minimum atomic E-state index is -0.775. The topological polar surface area (TPSA) is 88.3 Å². The molecule has 27 heavy (non-hydrogen) atoms. The largest absolute Gasteiger partial charge is 0.451 e. The van der Waals surface area contributed by atoms with Crippen molar-refractivity contribution >= 4 is 34.4 Å². The monoisotopic (exact) mass is 384 g/mol. The number of benzene rings is 2. The van der Waals surface area contributed by atoms with Crippen LogP contribution >= 0.6 is 11.6 Å². The molecule has 1 aromatic heterocycles. The van der Waals surface area contributed by atoms with Crippen molar-refractivity contribution in [1.82, 2.24) is 10.3 Å². The number of ether oxygens (including phenoxy) is 1. The first-order chi connectivity index (χ1) is 12.9. The zero-order valence-corrected chi connectivity index (χ0v) is 15.2. The Kier molecular flexibility index (Phi) is 5.57. The molecule has 1 heterocycles. The van der Waals surface area contributed by atoms with Gasteiger partial charge in [0.2, 0.25) is 0 Å². The molecule has 2 N–H and O–H groups in total. The Morgan fingerprint density at radius 3 is 2.70 bits per heavy atom. The highest BCUT2D eigenvalue weighted by Gasteiger charge is 2.15. The van der Waals surface area contributed by atoms with Gasteiger partial charge < -0.3 is 15.0 Å². The third kappa shape index (κ3) is 4.54. The Balaban J connectivity index is 1.62. The molecule has 0 fully saturated rings. The highest BCUT2D eigenvalue weighted by Crippen LogP contribution is 2.17. The standard InChI is InChI=1S/C20H17ClN2O4/c1-12(13-5-4-6-14(21)9-13)22-19(25)11-27-20(26)17-10-18(24)15-7-2-3-8-16(15)23-17/h2-10,12H,11H2,1H3,(H,22,25)(H,23,24)/t12-/m1/s1. The molecule has 0 aliphatic carbocycles. The van der Waals surface area contributed by atoms with Crippen LogP contribution in [0.2, 0.25) is 5.02 Å². The van der Waals surface area contributed by atoms with Crippen LogP contribution < -0.4 is 10.7 Å². The second kappa shape index (κ2) is 8.05. The van der Waals surface area contributed by atoms with Crippen molar-refractivity contribution in [2.75, 3.05) is 6.61 Å². The van der Waals surface area contributed by atoms with E-state index < -0.39 is 18.5 Å². The molecular formula is C20H17ClN2O4. The lowest BCUT2D eigenvalue weighted by Crippen LogP contribution is -2.31. The fourth-order valence-electron chi connectivity index (χ4n) is 2.66. The first-order valence-corrected chi connectivity index (χ1v) is 8.66. The van der Waals surface area contributed by atoms with Crippen LogP contribution in [-0.4, -0.2) is 23.5 Å². The van der Waals surface area contributed by atoms with Gasteiger partial charge in [-0.3, -0.25) is 9.59 Å². The van der Waals surface area contributed by atoms with Gasteiger partial charge in [-0.1, -0.05) is 35.9 Å². The smallest absolute Gasteiger partial charge is 0.355 e. The summed E-state index contributed by atoms with van der Waals surface area (Å²) in [7, 11) is 0. The number of fused-ring (bicyclic) bond motifs is 1. The zero-order chi connectivity index (χ0) is 19.4. The van der Waals surface area contributed by atoms with Crippen LogP contribution in [0.15, 0.2) is 59.4 Å². The van der Waals surface area contributed by atoms with Crippen molar-refractivity contribution in [3.8, 4) is 0 Å². The molecule has 0 saturated carbocycles. The van der Waals surface area contributed by atoms with E-state index in [1.807, 2.05) is 6.07 Å². The van der Waals surface area contributed by atoms with E-state index in [1.165, 1.54) is 0 Å². The fourth-order valence-corrected chi connectivity index (χ4v) is 2.86. The molecule has 0 spiro atoms. The maximum atomic E-state index is 12.2. The van der Waals surface area contributed by atoms with Gasteiger partial charge >= 0.3 is 5.97 Å². The number of aromatic amines is 1. The van der Waals surface area contributed by atoms with Crippen molar-refractivity contribution in [2.45, 2.75) is 13.0 Å². The number of pyridine rings is 1. The Hall–Kier alpha value is -3.12. The van der Waals surface area contributed by atoms with Gasteiger partial charge in [-0.2, -0.15) is 0 Å². The molecular weight excluding hydrogens is 368 g/mol. The van der Waals surface area contributed by atoms with Gasteiger partial charge in [0.05, 0.1) is 6.04 Å². The van der Waals surface area contributed by atoms with Gasteiger partial charge in [0.25, 0.3) is 5.91 Å². The fraction of sp³-hybridized carbons (Fsp3) is 0.150. The van der Waals surface area contributed by atoms with E-state index in [4.69, 9.17) is 16.3 Å². The zero-order valence-electron chi connectivity index (χ0n) is 14.5. The van der Waals surface area contributed by atoms with Crippen LogP contribution in [0.1, 0.15) is 29.0 Å². The highest BCUT2D eigenvalue weighted by atomic mass is 35.5. The number of para-hydroxylation sites is 1. The van der Waals surface area contributed by atoms with Crippen molar-refractivity contribution in [1.29, 1.82) is 0 Å². The van der Waals surface area contributed by atoms with E-state index in [2.05, 4.69) is 10.3 Å². The normalized spacial score (nSPS) is 11.8. The molecule has 138 valence electrons. The molecule has 2 aromatic carbocycles. The van der Waals surface area contributed by atoms with E-state index in [-0.39, 0.29) is 17.2 Å². The van der Waals surface area contributed by atoms with Gasteiger partial charge in [-0.15, -0.1) is 0 Å². The van der Waals surface area contributed by atoms with E-state index in [0.717, 1.165) is 11.6 Å². The van der Waals surface area contributed by atoms with Gasteiger partial charge in [0, 0.05) is 22.0 Å². The number of amides is 1. The Morgan fingerprint density at radius 1 is 1.15 bits per heavy atom. The van der Waals surface area contributed by atoms with Crippen molar-refractivity contribution < 1.29 is 14.3 Å². The third-order valence-corrected chi connectivity index (χ3v) is 4.25.